The van der Waals surface area contributed by atoms with Crippen LogP contribution in [0.1, 0.15) is 24.2 Å². The molecule has 0 unspecified atom stereocenters. The Morgan fingerprint density at radius 1 is 1.10 bits per heavy atom. The molecule has 3 aromatic rings. The van der Waals surface area contributed by atoms with Crippen LogP contribution in [-0.4, -0.2) is 48.6 Å². The molecule has 0 spiro atoms. The molecule has 1 amide bonds. The van der Waals surface area contributed by atoms with Gasteiger partial charge in [0.15, 0.2) is 5.82 Å². The number of amides is 1. The zero-order chi connectivity index (χ0) is 21.7. The zero-order valence-electron chi connectivity index (χ0n) is 17.1. The Kier molecular flexibility index (Phi) is 6.53. The van der Waals surface area contributed by atoms with E-state index in [4.69, 9.17) is 4.74 Å². The molecule has 1 aromatic heterocycles. The van der Waals surface area contributed by atoms with E-state index in [2.05, 4.69) is 10.4 Å². The quantitative estimate of drug-likeness (QED) is 0.595. The van der Waals surface area contributed by atoms with Crippen molar-refractivity contribution in [1.82, 2.24) is 14.1 Å². The third-order valence-corrected chi connectivity index (χ3v) is 6.67. The second kappa shape index (κ2) is 9.10. The van der Waals surface area contributed by atoms with Crippen LogP contribution in [0.2, 0.25) is 0 Å². The number of carbonyl (C=O) groups is 1. The Morgan fingerprint density at radius 2 is 1.80 bits per heavy atom. The van der Waals surface area contributed by atoms with Gasteiger partial charge in [-0.2, -0.15) is 9.40 Å². The molecule has 0 atom stereocenters. The largest absolute Gasteiger partial charge is 0.495 e. The number of sulfonamides is 1. The molecule has 0 radical (unpaired) electrons. The molecule has 0 aliphatic carbocycles. The van der Waals surface area contributed by atoms with Crippen LogP contribution in [0.5, 0.6) is 5.75 Å². The van der Waals surface area contributed by atoms with Crippen molar-refractivity contribution >= 4 is 21.7 Å². The third-order valence-electron chi connectivity index (χ3n) is 4.60. The fraction of sp³-hybridized carbons (Fsp3) is 0.238. The number of nitrogens with one attached hydrogen (secondary N) is 1. The highest BCUT2D eigenvalue weighted by Crippen LogP contribution is 2.28. The lowest BCUT2D eigenvalue weighted by Gasteiger charge is -2.20. The maximum atomic E-state index is 13.0. The van der Waals surface area contributed by atoms with Gasteiger partial charge in [0.25, 0.3) is 5.91 Å². The summed E-state index contributed by atoms with van der Waals surface area (Å²) >= 11 is 0. The van der Waals surface area contributed by atoms with Gasteiger partial charge in [0.1, 0.15) is 10.6 Å². The first-order chi connectivity index (χ1) is 14.4. The summed E-state index contributed by atoms with van der Waals surface area (Å²) in [7, 11) is -2.40. The Bertz CT molecular complexity index is 1120. The monoisotopic (exact) mass is 428 g/mol. The number of para-hydroxylation sites is 1. The van der Waals surface area contributed by atoms with Gasteiger partial charge in [0, 0.05) is 30.9 Å². The Morgan fingerprint density at radius 3 is 2.43 bits per heavy atom. The highest BCUT2D eigenvalue weighted by molar-refractivity contribution is 7.89. The smallest absolute Gasteiger partial charge is 0.256 e. The fourth-order valence-electron chi connectivity index (χ4n) is 3.03. The Labute approximate surface area is 176 Å². The minimum atomic E-state index is -3.80. The number of nitrogens with zero attached hydrogens (tertiary/aromatic N) is 3. The molecular formula is C21H24N4O4S. The number of ether oxygens (including phenoxy) is 1. The van der Waals surface area contributed by atoms with Crippen LogP contribution in [0.3, 0.4) is 0 Å². The third kappa shape index (κ3) is 4.37. The number of aromatic nitrogens is 2. The first-order valence-corrected chi connectivity index (χ1v) is 10.9. The average molecular weight is 429 g/mol. The first kappa shape index (κ1) is 21.5. The molecule has 0 fully saturated rings. The summed E-state index contributed by atoms with van der Waals surface area (Å²) in [5.74, 6) is 0.0755. The molecule has 9 heteroatoms. The number of anilines is 1. The normalized spacial score (nSPS) is 11.5. The van der Waals surface area contributed by atoms with Gasteiger partial charge in [0.05, 0.1) is 12.8 Å². The standard InChI is InChI=1S/C21H24N4O4S/c1-4-24(5-2)30(27,28)19-15-16(11-12-18(19)29-3)21(26)22-20-13-14-25(23-20)17-9-7-6-8-10-17/h6-15H,4-5H2,1-3H3,(H,22,23,26). The van der Waals surface area contributed by atoms with Crippen molar-refractivity contribution < 1.29 is 17.9 Å². The van der Waals surface area contributed by atoms with Gasteiger partial charge < -0.3 is 10.1 Å². The molecule has 158 valence electrons. The summed E-state index contributed by atoms with van der Waals surface area (Å²) in [5.41, 5.74) is 1.05. The van der Waals surface area contributed by atoms with Crippen LogP contribution in [0.15, 0.2) is 65.7 Å². The topological polar surface area (TPSA) is 93.5 Å². The minimum absolute atomic E-state index is 0.0452. The van der Waals surface area contributed by atoms with Gasteiger partial charge in [-0.15, -0.1) is 0 Å². The van der Waals surface area contributed by atoms with E-state index in [0.717, 1.165) is 5.69 Å². The summed E-state index contributed by atoms with van der Waals surface area (Å²) in [5, 5.41) is 7.04. The van der Waals surface area contributed by atoms with E-state index in [1.165, 1.54) is 29.6 Å². The van der Waals surface area contributed by atoms with Crippen LogP contribution in [0.4, 0.5) is 5.82 Å². The van der Waals surface area contributed by atoms with Crippen molar-refractivity contribution in [2.75, 3.05) is 25.5 Å². The van der Waals surface area contributed by atoms with E-state index in [-0.39, 0.29) is 16.2 Å². The van der Waals surface area contributed by atoms with Crippen molar-refractivity contribution in [3.63, 3.8) is 0 Å². The van der Waals surface area contributed by atoms with E-state index in [9.17, 15) is 13.2 Å². The maximum absolute atomic E-state index is 13.0. The fourth-order valence-corrected chi connectivity index (χ4v) is 4.67. The van der Waals surface area contributed by atoms with Crippen LogP contribution in [0.25, 0.3) is 5.69 Å². The molecule has 1 N–H and O–H groups in total. The highest BCUT2D eigenvalue weighted by Gasteiger charge is 2.27. The van der Waals surface area contributed by atoms with Gasteiger partial charge in [-0.3, -0.25) is 4.79 Å². The summed E-state index contributed by atoms with van der Waals surface area (Å²) in [4.78, 5) is 12.7. The van der Waals surface area contributed by atoms with Gasteiger partial charge in [0.2, 0.25) is 10.0 Å². The summed E-state index contributed by atoms with van der Waals surface area (Å²) in [6.07, 6.45) is 1.73. The maximum Gasteiger partial charge on any atom is 0.256 e. The average Bonchev–Trinajstić information content (AvgIpc) is 3.23. The lowest BCUT2D eigenvalue weighted by Crippen LogP contribution is -2.31. The number of hydrogen-bond acceptors (Lipinski definition) is 5. The van der Waals surface area contributed by atoms with Crippen molar-refractivity contribution in [3.8, 4) is 11.4 Å². The van der Waals surface area contributed by atoms with E-state index in [1.54, 1.807) is 30.8 Å². The van der Waals surface area contributed by atoms with Crippen molar-refractivity contribution in [1.29, 1.82) is 0 Å². The van der Waals surface area contributed by atoms with Gasteiger partial charge in [-0.25, -0.2) is 13.1 Å². The number of benzene rings is 2. The summed E-state index contributed by atoms with van der Waals surface area (Å²) in [6.45, 7) is 4.14. The molecule has 0 bridgehead atoms. The molecule has 3 rings (SSSR count). The molecular weight excluding hydrogens is 404 g/mol. The first-order valence-electron chi connectivity index (χ1n) is 9.51. The van der Waals surface area contributed by atoms with Gasteiger partial charge in [-0.05, 0) is 30.3 Å². The Balaban J connectivity index is 1.88. The minimum Gasteiger partial charge on any atom is -0.495 e. The lowest BCUT2D eigenvalue weighted by molar-refractivity contribution is 0.102. The van der Waals surface area contributed by atoms with Crippen molar-refractivity contribution in [2.45, 2.75) is 18.7 Å². The second-order valence-corrected chi connectivity index (χ2v) is 8.30. The zero-order valence-corrected chi connectivity index (χ0v) is 17.9. The number of rotatable bonds is 8. The summed E-state index contributed by atoms with van der Waals surface area (Å²) in [6, 6.07) is 15.5. The molecule has 1 heterocycles. The molecule has 8 nitrogen and oxygen atoms in total. The van der Waals surface area contributed by atoms with Gasteiger partial charge >= 0.3 is 0 Å². The number of methoxy groups -OCH3 is 1. The molecule has 0 saturated carbocycles. The van der Waals surface area contributed by atoms with E-state index in [1.807, 2.05) is 30.3 Å². The van der Waals surface area contributed by atoms with E-state index >= 15 is 0 Å². The van der Waals surface area contributed by atoms with E-state index in [0.29, 0.717) is 18.9 Å². The van der Waals surface area contributed by atoms with Crippen LogP contribution in [-0.2, 0) is 10.0 Å². The predicted molar refractivity (Wildman–Crippen MR) is 115 cm³/mol. The SMILES string of the molecule is CCN(CC)S(=O)(=O)c1cc(C(=O)Nc2ccn(-c3ccccc3)n2)ccc1OC. The van der Waals surface area contributed by atoms with Crippen molar-refractivity contribution in [2.24, 2.45) is 0 Å². The Hall–Kier alpha value is -3.17. The van der Waals surface area contributed by atoms with Crippen LogP contribution < -0.4 is 10.1 Å². The number of hydrogen-bond donors (Lipinski definition) is 1. The summed E-state index contributed by atoms with van der Waals surface area (Å²) < 4.78 is 34.1. The predicted octanol–water partition coefficient (Wildman–Crippen LogP) is 3.16. The van der Waals surface area contributed by atoms with Crippen molar-refractivity contribution in [3.05, 3.63) is 66.4 Å². The second-order valence-electron chi connectivity index (χ2n) is 6.39. The molecule has 0 saturated heterocycles. The highest BCUT2D eigenvalue weighted by atomic mass is 32.2. The molecule has 30 heavy (non-hydrogen) atoms. The lowest BCUT2D eigenvalue weighted by atomic mass is 10.2. The number of carbonyl (C=O) groups excluding carboxylic acids is 1. The van der Waals surface area contributed by atoms with Crippen LogP contribution in [0, 0.1) is 0 Å². The molecule has 2 aromatic carbocycles. The van der Waals surface area contributed by atoms with Gasteiger partial charge in [-0.1, -0.05) is 32.0 Å². The molecule has 0 aliphatic rings. The van der Waals surface area contributed by atoms with Crippen LogP contribution >= 0.6 is 0 Å². The molecule has 0 aliphatic heterocycles. The van der Waals surface area contributed by atoms with E-state index < -0.39 is 15.9 Å².